The Labute approximate surface area is 93.5 Å². The van der Waals surface area contributed by atoms with E-state index in [1.807, 2.05) is 18.2 Å². The summed E-state index contributed by atoms with van der Waals surface area (Å²) < 4.78 is 0. The number of hydrogen-bond donors (Lipinski definition) is 1. The van der Waals surface area contributed by atoms with Crippen molar-refractivity contribution in [3.05, 3.63) is 47.5 Å². The van der Waals surface area contributed by atoms with Gasteiger partial charge in [0.25, 0.3) is 0 Å². The van der Waals surface area contributed by atoms with Gasteiger partial charge in [0, 0.05) is 6.42 Å². The molecule has 1 aromatic carbocycles. The molecule has 0 bridgehead atoms. The number of H-pyrrole nitrogens is 1. The van der Waals surface area contributed by atoms with Crippen molar-refractivity contribution in [1.82, 2.24) is 15.2 Å². The highest BCUT2D eigenvalue weighted by Crippen LogP contribution is 2.04. The first-order valence-corrected chi connectivity index (χ1v) is 5.42. The Morgan fingerprint density at radius 1 is 1.13 bits per heavy atom. The van der Waals surface area contributed by atoms with Crippen LogP contribution in [-0.2, 0) is 18.7 Å². The van der Waals surface area contributed by atoms with Crippen molar-refractivity contribution in [2.75, 3.05) is 0 Å². The minimum Gasteiger partial charge on any atom is -0.262 e. The molecule has 0 aliphatic carbocycles. The van der Waals surface area contributed by atoms with Crippen molar-refractivity contribution >= 4 is 11.6 Å². The van der Waals surface area contributed by atoms with Gasteiger partial charge in [0.05, 0.1) is 5.88 Å². The molecular weight excluding hydrogens is 210 g/mol. The Morgan fingerprint density at radius 3 is 2.60 bits per heavy atom. The van der Waals surface area contributed by atoms with E-state index in [-0.39, 0.29) is 0 Å². The Bertz CT molecular complexity index is 411. The summed E-state index contributed by atoms with van der Waals surface area (Å²) in [6.07, 6.45) is 1.80. The summed E-state index contributed by atoms with van der Waals surface area (Å²) >= 11 is 5.62. The lowest BCUT2D eigenvalue weighted by atomic mass is 10.1. The number of benzene rings is 1. The molecule has 0 atom stereocenters. The molecule has 0 amide bonds. The van der Waals surface area contributed by atoms with Crippen molar-refractivity contribution in [1.29, 1.82) is 0 Å². The van der Waals surface area contributed by atoms with Gasteiger partial charge in [0.1, 0.15) is 5.82 Å². The van der Waals surface area contributed by atoms with Crippen molar-refractivity contribution in [2.24, 2.45) is 0 Å². The molecule has 0 aliphatic heterocycles. The van der Waals surface area contributed by atoms with E-state index >= 15 is 0 Å². The van der Waals surface area contributed by atoms with Crippen LogP contribution in [-0.4, -0.2) is 15.2 Å². The van der Waals surface area contributed by atoms with Gasteiger partial charge in [-0.1, -0.05) is 30.3 Å². The minimum atomic E-state index is 0.387. The number of aromatic nitrogens is 3. The fourth-order valence-corrected chi connectivity index (χ4v) is 1.53. The van der Waals surface area contributed by atoms with Gasteiger partial charge < -0.3 is 0 Å². The lowest BCUT2D eigenvalue weighted by Gasteiger charge is -1.96. The van der Waals surface area contributed by atoms with Crippen LogP contribution in [0.2, 0.25) is 0 Å². The third-order valence-corrected chi connectivity index (χ3v) is 2.44. The van der Waals surface area contributed by atoms with Crippen LogP contribution in [0.5, 0.6) is 0 Å². The summed E-state index contributed by atoms with van der Waals surface area (Å²) in [6.45, 7) is 0. The molecule has 1 heterocycles. The normalized spacial score (nSPS) is 10.5. The van der Waals surface area contributed by atoms with E-state index in [0.717, 1.165) is 24.5 Å². The topological polar surface area (TPSA) is 41.6 Å². The average Bonchev–Trinajstić information content (AvgIpc) is 2.76. The molecule has 0 fully saturated rings. The first-order valence-electron chi connectivity index (χ1n) is 4.88. The Morgan fingerprint density at radius 2 is 1.93 bits per heavy atom. The van der Waals surface area contributed by atoms with E-state index in [9.17, 15) is 0 Å². The van der Waals surface area contributed by atoms with Gasteiger partial charge in [-0.2, -0.15) is 5.10 Å². The molecule has 2 rings (SSSR count). The molecule has 0 unspecified atom stereocenters. The predicted octanol–water partition coefficient (Wildman–Crippen LogP) is 2.33. The number of halogens is 1. The van der Waals surface area contributed by atoms with E-state index in [1.54, 1.807) is 0 Å². The molecule has 78 valence electrons. The van der Waals surface area contributed by atoms with Crippen molar-refractivity contribution < 1.29 is 0 Å². The average molecular weight is 222 g/mol. The van der Waals surface area contributed by atoms with E-state index in [2.05, 4.69) is 27.3 Å². The molecule has 3 nitrogen and oxygen atoms in total. The second-order valence-electron chi connectivity index (χ2n) is 3.32. The van der Waals surface area contributed by atoms with Crippen LogP contribution >= 0.6 is 11.6 Å². The molecule has 0 radical (unpaired) electrons. The van der Waals surface area contributed by atoms with Crippen LogP contribution in [0.1, 0.15) is 17.2 Å². The van der Waals surface area contributed by atoms with Crippen LogP contribution in [0.3, 0.4) is 0 Å². The van der Waals surface area contributed by atoms with E-state index in [0.29, 0.717) is 5.88 Å². The molecule has 0 saturated carbocycles. The highest BCUT2D eigenvalue weighted by Gasteiger charge is 2.01. The van der Waals surface area contributed by atoms with Gasteiger partial charge in [0.15, 0.2) is 5.82 Å². The Kier molecular flexibility index (Phi) is 3.35. The number of aromatic amines is 1. The number of alkyl halides is 1. The number of nitrogens with one attached hydrogen (secondary N) is 1. The van der Waals surface area contributed by atoms with Gasteiger partial charge >= 0.3 is 0 Å². The number of nitrogens with zero attached hydrogens (tertiary/aromatic N) is 2. The zero-order valence-electron chi connectivity index (χ0n) is 8.28. The SMILES string of the molecule is ClCc1nc(CCc2ccccc2)n[nH]1. The lowest BCUT2D eigenvalue weighted by Crippen LogP contribution is -1.93. The summed E-state index contributed by atoms with van der Waals surface area (Å²) in [5, 5.41) is 6.88. The standard InChI is InChI=1S/C11H12ClN3/c12-8-11-13-10(14-15-11)7-6-9-4-2-1-3-5-9/h1-5H,6-8H2,(H,13,14,15). The fourth-order valence-electron chi connectivity index (χ4n) is 1.41. The smallest absolute Gasteiger partial charge is 0.151 e. The summed E-state index contributed by atoms with van der Waals surface area (Å²) in [7, 11) is 0. The molecule has 15 heavy (non-hydrogen) atoms. The largest absolute Gasteiger partial charge is 0.262 e. The van der Waals surface area contributed by atoms with Crippen LogP contribution in [0, 0.1) is 0 Å². The lowest BCUT2D eigenvalue weighted by molar-refractivity contribution is 0.865. The highest BCUT2D eigenvalue weighted by atomic mass is 35.5. The zero-order valence-corrected chi connectivity index (χ0v) is 9.04. The van der Waals surface area contributed by atoms with E-state index < -0.39 is 0 Å². The predicted molar refractivity (Wildman–Crippen MR) is 59.8 cm³/mol. The maximum Gasteiger partial charge on any atom is 0.151 e. The van der Waals surface area contributed by atoms with Crippen LogP contribution in [0.25, 0.3) is 0 Å². The third-order valence-electron chi connectivity index (χ3n) is 2.18. The van der Waals surface area contributed by atoms with Crippen LogP contribution in [0.15, 0.2) is 30.3 Å². The maximum atomic E-state index is 5.62. The maximum absolute atomic E-state index is 5.62. The molecule has 2 aromatic rings. The number of rotatable bonds is 4. The zero-order chi connectivity index (χ0) is 10.5. The van der Waals surface area contributed by atoms with Gasteiger partial charge in [-0.05, 0) is 12.0 Å². The highest BCUT2D eigenvalue weighted by molar-refractivity contribution is 6.16. The molecular formula is C11H12ClN3. The van der Waals surface area contributed by atoms with Gasteiger partial charge in [0.2, 0.25) is 0 Å². The third kappa shape index (κ3) is 2.80. The second kappa shape index (κ2) is 4.94. The van der Waals surface area contributed by atoms with Crippen molar-refractivity contribution in [3.8, 4) is 0 Å². The van der Waals surface area contributed by atoms with Gasteiger partial charge in [-0.3, -0.25) is 5.10 Å². The Hall–Kier alpha value is -1.35. The fraction of sp³-hybridized carbons (Fsp3) is 0.273. The number of aryl methyl sites for hydroxylation is 2. The van der Waals surface area contributed by atoms with Gasteiger partial charge in [-0.15, -0.1) is 11.6 Å². The number of hydrogen-bond acceptors (Lipinski definition) is 2. The molecule has 0 saturated heterocycles. The molecule has 1 N–H and O–H groups in total. The first kappa shape index (κ1) is 10.2. The quantitative estimate of drug-likeness (QED) is 0.806. The molecule has 0 spiro atoms. The van der Waals surface area contributed by atoms with E-state index in [1.165, 1.54) is 5.56 Å². The van der Waals surface area contributed by atoms with Crippen molar-refractivity contribution in [3.63, 3.8) is 0 Å². The van der Waals surface area contributed by atoms with E-state index in [4.69, 9.17) is 11.6 Å². The molecule has 4 heteroatoms. The van der Waals surface area contributed by atoms with Crippen LogP contribution in [0.4, 0.5) is 0 Å². The summed E-state index contributed by atoms with van der Waals surface area (Å²) in [4.78, 5) is 4.25. The molecule has 0 aliphatic rings. The monoisotopic (exact) mass is 221 g/mol. The summed E-state index contributed by atoms with van der Waals surface area (Å²) in [5.41, 5.74) is 1.30. The second-order valence-corrected chi connectivity index (χ2v) is 3.58. The first-order chi connectivity index (χ1) is 7.38. The molecule has 1 aromatic heterocycles. The Balaban J connectivity index is 1.93. The summed E-state index contributed by atoms with van der Waals surface area (Å²) in [6, 6.07) is 10.3. The minimum absolute atomic E-state index is 0.387. The summed E-state index contributed by atoms with van der Waals surface area (Å²) in [5.74, 6) is 1.95. The van der Waals surface area contributed by atoms with Crippen molar-refractivity contribution in [2.45, 2.75) is 18.7 Å². The van der Waals surface area contributed by atoms with Gasteiger partial charge in [-0.25, -0.2) is 4.98 Å². The van der Waals surface area contributed by atoms with Crippen LogP contribution < -0.4 is 0 Å².